The van der Waals surface area contributed by atoms with Gasteiger partial charge in [0.1, 0.15) is 36.3 Å². The Morgan fingerprint density at radius 1 is 0.689 bits per heavy atom. The fourth-order valence-electron chi connectivity index (χ4n) is 3.34. The van der Waals surface area contributed by atoms with Crippen LogP contribution >= 0.6 is 25.3 Å². The summed E-state index contributed by atoms with van der Waals surface area (Å²) in [5.41, 5.74) is 15.2. The minimum atomic E-state index is -1.64. The van der Waals surface area contributed by atoms with E-state index in [1.807, 2.05) is 0 Å². The summed E-state index contributed by atoms with van der Waals surface area (Å²) >= 11 is 7.95. The molecular formula is C25H45N9O9S2. The number of rotatable bonds is 20. The lowest BCUT2D eigenvalue weighted by Crippen LogP contribution is -2.60. The number of carbonyl (C=O) groups is 8. The van der Waals surface area contributed by atoms with Crippen molar-refractivity contribution in [3.63, 3.8) is 0 Å². The first-order chi connectivity index (χ1) is 20.8. The van der Waals surface area contributed by atoms with Gasteiger partial charge >= 0.3 is 5.97 Å². The Kier molecular flexibility index (Phi) is 18.1. The molecular weight excluding hydrogens is 634 g/mol. The molecule has 256 valence electrons. The molecule has 6 unspecified atom stereocenters. The van der Waals surface area contributed by atoms with Gasteiger partial charge in [-0.05, 0) is 47.1 Å². The van der Waals surface area contributed by atoms with E-state index >= 15 is 0 Å². The van der Waals surface area contributed by atoms with Crippen LogP contribution < -0.4 is 49.1 Å². The van der Waals surface area contributed by atoms with Crippen molar-refractivity contribution >= 4 is 72.6 Å². The van der Waals surface area contributed by atoms with Crippen LogP contribution in [0.3, 0.4) is 0 Å². The summed E-state index contributed by atoms with van der Waals surface area (Å²) in [6.45, 7) is 5.66. The third kappa shape index (κ3) is 15.3. The van der Waals surface area contributed by atoms with Crippen LogP contribution in [0.2, 0.25) is 0 Å². The predicted molar refractivity (Wildman–Crippen MR) is 169 cm³/mol. The van der Waals surface area contributed by atoms with Crippen LogP contribution in [0.25, 0.3) is 0 Å². The second-order valence-corrected chi connectivity index (χ2v) is 11.4. The number of carboxylic acids is 1. The van der Waals surface area contributed by atoms with E-state index in [1.165, 1.54) is 27.7 Å². The monoisotopic (exact) mass is 679 g/mol. The van der Waals surface area contributed by atoms with Crippen LogP contribution in [-0.4, -0.2) is 112 Å². The minimum absolute atomic E-state index is 0.0143. The summed E-state index contributed by atoms with van der Waals surface area (Å²) in [5.74, 6) is -7.54. The smallest absolute Gasteiger partial charge is 0.305 e. The van der Waals surface area contributed by atoms with E-state index in [2.05, 4.69) is 57.2 Å². The molecule has 0 heterocycles. The highest BCUT2D eigenvalue weighted by atomic mass is 32.1. The van der Waals surface area contributed by atoms with E-state index in [-0.39, 0.29) is 30.9 Å². The number of carbonyl (C=O) groups excluding carboxylic acids is 7. The van der Waals surface area contributed by atoms with Crippen LogP contribution in [0.4, 0.5) is 0 Å². The number of hydrogen-bond donors (Lipinski definition) is 12. The molecule has 0 spiro atoms. The molecule has 0 aliphatic heterocycles. The lowest BCUT2D eigenvalue weighted by atomic mass is 10.1. The van der Waals surface area contributed by atoms with E-state index in [0.717, 1.165) is 0 Å². The van der Waals surface area contributed by atoms with Gasteiger partial charge in [-0.15, -0.1) is 0 Å². The maximum atomic E-state index is 13.0. The highest BCUT2D eigenvalue weighted by Crippen LogP contribution is 2.03. The van der Waals surface area contributed by atoms with Crippen molar-refractivity contribution in [3.8, 4) is 0 Å². The third-order valence-corrected chi connectivity index (χ3v) is 6.81. The van der Waals surface area contributed by atoms with Gasteiger partial charge in [-0.3, -0.25) is 38.4 Å². The molecule has 0 fully saturated rings. The van der Waals surface area contributed by atoms with Crippen LogP contribution in [0, 0.1) is 0 Å². The molecule has 20 heteroatoms. The maximum Gasteiger partial charge on any atom is 0.305 e. The van der Waals surface area contributed by atoms with Gasteiger partial charge in [0, 0.05) is 11.5 Å². The van der Waals surface area contributed by atoms with Crippen LogP contribution in [-0.2, 0) is 38.4 Å². The maximum absolute atomic E-state index is 13.0. The fourth-order valence-corrected chi connectivity index (χ4v) is 3.87. The lowest BCUT2D eigenvalue weighted by Gasteiger charge is -2.25. The number of carboxylic acid groups (broad SMARTS) is 1. The van der Waals surface area contributed by atoms with E-state index < -0.39 is 95.5 Å². The molecule has 0 aromatic rings. The molecule has 0 aliphatic carbocycles. The lowest BCUT2D eigenvalue weighted by molar-refractivity contribution is -0.141. The van der Waals surface area contributed by atoms with Crippen LogP contribution in [0.1, 0.15) is 47.0 Å². The molecule has 0 aromatic carbocycles. The zero-order valence-electron chi connectivity index (χ0n) is 25.5. The number of amides is 7. The van der Waals surface area contributed by atoms with Gasteiger partial charge in [0.2, 0.25) is 41.4 Å². The average molecular weight is 680 g/mol. The van der Waals surface area contributed by atoms with Gasteiger partial charge in [0.05, 0.1) is 12.0 Å². The second kappa shape index (κ2) is 19.7. The molecule has 18 nitrogen and oxygen atoms in total. The standard InChI is InChI=1S/C25H45N9O9S2/c1-11(30-23(42)16(10-45)34-24(43)25(3,4)28)19(38)29-12(2)20(39)31-13(6-5-7-26)21(40)32-14(8-17(35)36)22(41)33-15(9-44)18(27)37/h11-16,44-45H,5-10,26,28H2,1-4H3,(H2,27,37)(H,29,38)(H,30,42)(H,31,39)(H,32,40)(H,33,41)(H,34,43)(H,35,36). The van der Waals surface area contributed by atoms with Crippen molar-refractivity contribution in [2.45, 2.75) is 88.7 Å². The Balaban J connectivity index is 5.48. The summed E-state index contributed by atoms with van der Waals surface area (Å²) in [7, 11) is 0. The Labute approximate surface area is 271 Å². The number of nitrogens with one attached hydrogen (secondary N) is 6. The van der Waals surface area contributed by atoms with Crippen LogP contribution in [0.15, 0.2) is 0 Å². The van der Waals surface area contributed by atoms with Gasteiger partial charge in [0.25, 0.3) is 0 Å². The van der Waals surface area contributed by atoms with E-state index in [4.69, 9.17) is 17.2 Å². The van der Waals surface area contributed by atoms with Gasteiger partial charge in [-0.2, -0.15) is 25.3 Å². The number of hydrogen-bond acceptors (Lipinski definition) is 12. The van der Waals surface area contributed by atoms with E-state index in [1.54, 1.807) is 0 Å². The van der Waals surface area contributed by atoms with Crippen molar-refractivity contribution < 1.29 is 43.5 Å². The molecule has 0 rings (SSSR count). The Morgan fingerprint density at radius 2 is 1.11 bits per heavy atom. The Hall–Kier alpha value is -3.62. The molecule has 0 saturated carbocycles. The highest BCUT2D eigenvalue weighted by molar-refractivity contribution is 7.80. The third-order valence-electron chi connectivity index (χ3n) is 6.08. The molecule has 6 atom stereocenters. The van der Waals surface area contributed by atoms with Crippen LogP contribution in [0.5, 0.6) is 0 Å². The molecule has 0 saturated heterocycles. The predicted octanol–water partition coefficient (Wildman–Crippen LogP) is -4.77. The fraction of sp³-hybridized carbons (Fsp3) is 0.680. The minimum Gasteiger partial charge on any atom is -0.481 e. The molecule has 0 aliphatic rings. The Morgan fingerprint density at radius 3 is 1.56 bits per heavy atom. The molecule has 0 radical (unpaired) electrons. The number of nitrogens with two attached hydrogens (primary N) is 3. The van der Waals surface area contributed by atoms with E-state index in [0.29, 0.717) is 0 Å². The van der Waals surface area contributed by atoms with Gasteiger partial charge in [0.15, 0.2) is 0 Å². The van der Waals surface area contributed by atoms with Gasteiger partial charge in [-0.25, -0.2) is 0 Å². The SMILES string of the molecule is CC(NC(=O)C(C)NC(=O)C(CS)NC(=O)C(C)(C)N)C(=O)NC(CCCN)C(=O)NC(CC(=O)O)C(=O)NC(CS)C(N)=O. The largest absolute Gasteiger partial charge is 0.481 e. The number of aliphatic carboxylic acids is 1. The molecule has 7 amide bonds. The summed E-state index contributed by atoms with van der Waals surface area (Å²) in [5, 5.41) is 23.3. The van der Waals surface area contributed by atoms with Crippen molar-refractivity contribution in [1.29, 1.82) is 0 Å². The summed E-state index contributed by atoms with van der Waals surface area (Å²) < 4.78 is 0. The van der Waals surface area contributed by atoms with Crippen molar-refractivity contribution in [1.82, 2.24) is 31.9 Å². The number of primary amides is 1. The zero-order valence-corrected chi connectivity index (χ0v) is 27.3. The van der Waals surface area contributed by atoms with Gasteiger partial charge in [-0.1, -0.05) is 0 Å². The Bertz CT molecular complexity index is 1100. The topological polar surface area (TPSA) is 307 Å². The molecule has 0 aromatic heterocycles. The van der Waals surface area contributed by atoms with E-state index in [9.17, 15) is 43.5 Å². The summed E-state index contributed by atoms with van der Waals surface area (Å²) in [4.78, 5) is 98.8. The average Bonchev–Trinajstić information content (AvgIpc) is 2.94. The second-order valence-electron chi connectivity index (χ2n) is 10.7. The summed E-state index contributed by atoms with van der Waals surface area (Å²) in [6.07, 6.45) is -0.629. The van der Waals surface area contributed by atoms with Gasteiger partial charge < -0.3 is 54.2 Å². The van der Waals surface area contributed by atoms with Crippen molar-refractivity contribution in [2.24, 2.45) is 17.2 Å². The number of thiol groups is 2. The normalized spacial score (nSPS) is 15.1. The molecule has 13 N–H and O–H groups in total. The molecule has 0 bridgehead atoms. The highest BCUT2D eigenvalue weighted by Gasteiger charge is 2.32. The first-order valence-electron chi connectivity index (χ1n) is 13.8. The van der Waals surface area contributed by atoms with Crippen molar-refractivity contribution in [2.75, 3.05) is 18.1 Å². The molecule has 45 heavy (non-hydrogen) atoms. The first kappa shape index (κ1) is 41.4. The quantitative estimate of drug-likeness (QED) is 0.0542. The first-order valence-corrected chi connectivity index (χ1v) is 15.1. The summed E-state index contributed by atoms with van der Waals surface area (Å²) in [6, 6.07) is -7.67. The zero-order chi connectivity index (χ0) is 35.1. The van der Waals surface area contributed by atoms with Crippen molar-refractivity contribution in [3.05, 3.63) is 0 Å².